The molecule has 0 bridgehead atoms. The van der Waals surface area contributed by atoms with E-state index in [-0.39, 0.29) is 18.6 Å². The zero-order valence-corrected chi connectivity index (χ0v) is 11.1. The lowest BCUT2D eigenvalue weighted by atomic mass is 10.2. The number of carbonyl (C=O) groups excluding carboxylic acids is 1. The first-order valence-corrected chi connectivity index (χ1v) is 6.20. The van der Waals surface area contributed by atoms with E-state index in [4.69, 9.17) is 15.6 Å². The maximum Gasteiger partial charge on any atom is 0.265 e. The van der Waals surface area contributed by atoms with Gasteiger partial charge < -0.3 is 25.8 Å². The summed E-state index contributed by atoms with van der Waals surface area (Å²) in [6.45, 7) is 2.17. The fourth-order valence-electron chi connectivity index (χ4n) is 1.95. The molecule has 0 saturated carbocycles. The number of fused-ring (bicyclic) bond motifs is 1. The molecule has 104 valence electrons. The van der Waals surface area contributed by atoms with Crippen LogP contribution in [0.5, 0.6) is 5.75 Å². The van der Waals surface area contributed by atoms with Gasteiger partial charge in [-0.05, 0) is 25.1 Å². The van der Waals surface area contributed by atoms with Gasteiger partial charge in [0.1, 0.15) is 5.75 Å². The van der Waals surface area contributed by atoms with Crippen LogP contribution in [0.15, 0.2) is 18.2 Å². The van der Waals surface area contributed by atoms with Gasteiger partial charge in [0.15, 0.2) is 6.10 Å². The summed E-state index contributed by atoms with van der Waals surface area (Å²) in [5.74, 6) is 0.509. The van der Waals surface area contributed by atoms with Crippen LogP contribution in [0.4, 0.5) is 11.4 Å². The Balaban J connectivity index is 2.17. The summed E-state index contributed by atoms with van der Waals surface area (Å²) in [6, 6.07) is 5.25. The van der Waals surface area contributed by atoms with Gasteiger partial charge in [0.25, 0.3) is 5.91 Å². The van der Waals surface area contributed by atoms with E-state index >= 15 is 0 Å². The minimum Gasteiger partial charge on any atom is -0.479 e. The second-order valence-electron chi connectivity index (χ2n) is 4.75. The number of carbonyl (C=O) groups is 1. The summed E-state index contributed by atoms with van der Waals surface area (Å²) in [5, 5.41) is 11.8. The molecular formula is C13H19N3O3. The van der Waals surface area contributed by atoms with Crippen molar-refractivity contribution in [2.45, 2.75) is 19.1 Å². The van der Waals surface area contributed by atoms with Gasteiger partial charge in [0.05, 0.1) is 12.3 Å². The van der Waals surface area contributed by atoms with Gasteiger partial charge in [-0.3, -0.25) is 4.79 Å². The van der Waals surface area contributed by atoms with E-state index in [1.54, 1.807) is 6.92 Å². The molecule has 1 aliphatic heterocycles. The molecule has 4 N–H and O–H groups in total. The Morgan fingerprint density at radius 1 is 1.58 bits per heavy atom. The maximum absolute atomic E-state index is 11.6. The third-order valence-corrected chi connectivity index (χ3v) is 3.08. The van der Waals surface area contributed by atoms with Gasteiger partial charge in [0, 0.05) is 25.3 Å². The molecule has 0 saturated heterocycles. The zero-order valence-electron chi connectivity index (χ0n) is 11.1. The van der Waals surface area contributed by atoms with Gasteiger partial charge in [-0.1, -0.05) is 0 Å². The van der Waals surface area contributed by atoms with Crippen molar-refractivity contribution in [1.29, 1.82) is 0 Å². The Kier molecular flexibility index (Phi) is 3.92. The first-order valence-electron chi connectivity index (χ1n) is 6.20. The van der Waals surface area contributed by atoms with Gasteiger partial charge in [-0.15, -0.1) is 0 Å². The lowest BCUT2D eigenvalue weighted by molar-refractivity contribution is -0.122. The Labute approximate surface area is 112 Å². The van der Waals surface area contributed by atoms with Crippen LogP contribution in [0.1, 0.15) is 6.92 Å². The highest BCUT2D eigenvalue weighted by Crippen LogP contribution is 2.33. The number of benzene rings is 1. The third-order valence-electron chi connectivity index (χ3n) is 3.08. The monoisotopic (exact) mass is 265 g/mol. The van der Waals surface area contributed by atoms with E-state index in [1.807, 2.05) is 30.1 Å². The second kappa shape index (κ2) is 5.46. The molecule has 1 aromatic rings. The van der Waals surface area contributed by atoms with Crippen molar-refractivity contribution in [1.82, 2.24) is 0 Å². The Morgan fingerprint density at radius 2 is 2.32 bits per heavy atom. The van der Waals surface area contributed by atoms with Crippen molar-refractivity contribution >= 4 is 17.3 Å². The van der Waals surface area contributed by atoms with E-state index < -0.39 is 6.10 Å². The fraction of sp³-hybridized carbons (Fsp3) is 0.462. The van der Waals surface area contributed by atoms with Crippen LogP contribution < -0.4 is 20.7 Å². The highest BCUT2D eigenvalue weighted by molar-refractivity contribution is 5.98. The lowest BCUT2D eigenvalue weighted by Gasteiger charge is -2.27. The van der Waals surface area contributed by atoms with Crippen molar-refractivity contribution in [3.05, 3.63) is 18.2 Å². The lowest BCUT2D eigenvalue weighted by Crippen LogP contribution is -2.38. The van der Waals surface area contributed by atoms with Crippen molar-refractivity contribution in [3.8, 4) is 5.75 Å². The summed E-state index contributed by atoms with van der Waals surface area (Å²) in [4.78, 5) is 13.5. The molecule has 0 fully saturated rings. The SMILES string of the molecule is CC1Oc2ccc(N(C)CC(N)CO)cc2NC1=O. The van der Waals surface area contributed by atoms with Crippen LogP contribution >= 0.6 is 0 Å². The number of rotatable bonds is 4. The van der Waals surface area contributed by atoms with Crippen LogP contribution in [0.2, 0.25) is 0 Å². The zero-order chi connectivity index (χ0) is 14.0. The third kappa shape index (κ3) is 2.97. The number of nitrogens with zero attached hydrogens (tertiary/aromatic N) is 1. The number of nitrogens with two attached hydrogens (primary N) is 1. The number of amides is 1. The van der Waals surface area contributed by atoms with Gasteiger partial charge in [0.2, 0.25) is 0 Å². The van der Waals surface area contributed by atoms with E-state index in [9.17, 15) is 4.79 Å². The molecule has 6 heteroatoms. The molecule has 1 aliphatic rings. The number of aliphatic hydroxyl groups is 1. The average molecular weight is 265 g/mol. The highest BCUT2D eigenvalue weighted by atomic mass is 16.5. The molecule has 1 amide bonds. The minimum absolute atomic E-state index is 0.0629. The van der Waals surface area contributed by atoms with E-state index in [2.05, 4.69) is 5.32 Å². The first-order chi connectivity index (χ1) is 9.01. The summed E-state index contributed by atoms with van der Waals surface area (Å²) in [5.41, 5.74) is 7.26. The predicted molar refractivity (Wildman–Crippen MR) is 73.5 cm³/mol. The minimum atomic E-state index is -0.473. The topological polar surface area (TPSA) is 87.8 Å². The van der Waals surface area contributed by atoms with Crippen molar-refractivity contribution < 1.29 is 14.6 Å². The molecule has 0 spiro atoms. The maximum atomic E-state index is 11.6. The molecule has 6 nitrogen and oxygen atoms in total. The Bertz CT molecular complexity index is 478. The van der Waals surface area contributed by atoms with E-state index in [1.165, 1.54) is 0 Å². The molecule has 2 rings (SSSR count). The summed E-state index contributed by atoms with van der Waals surface area (Å²) < 4.78 is 5.49. The average Bonchev–Trinajstić information content (AvgIpc) is 2.39. The van der Waals surface area contributed by atoms with Gasteiger partial charge >= 0.3 is 0 Å². The standard InChI is InChI=1S/C13H19N3O3/c1-8-13(18)15-11-5-10(3-4-12(11)19-8)16(2)6-9(14)7-17/h3-5,8-9,17H,6-7,14H2,1-2H3,(H,15,18). The summed E-state index contributed by atoms with van der Waals surface area (Å²) in [6.07, 6.45) is -0.473. The number of anilines is 2. The molecule has 1 heterocycles. The number of hydrogen-bond acceptors (Lipinski definition) is 5. The first kappa shape index (κ1) is 13.6. The molecule has 0 aromatic heterocycles. The fourth-order valence-corrected chi connectivity index (χ4v) is 1.95. The number of likely N-dealkylation sites (N-methyl/N-ethyl adjacent to an activating group) is 1. The number of ether oxygens (including phenoxy) is 1. The van der Waals surface area contributed by atoms with Crippen LogP contribution in [0.3, 0.4) is 0 Å². The van der Waals surface area contributed by atoms with Crippen LogP contribution in [-0.2, 0) is 4.79 Å². The largest absolute Gasteiger partial charge is 0.479 e. The quantitative estimate of drug-likeness (QED) is 0.722. The molecular weight excluding hydrogens is 246 g/mol. The summed E-state index contributed by atoms with van der Waals surface area (Å²) in [7, 11) is 1.88. The molecule has 0 aliphatic carbocycles. The van der Waals surface area contributed by atoms with Crippen molar-refractivity contribution in [3.63, 3.8) is 0 Å². The smallest absolute Gasteiger partial charge is 0.265 e. The molecule has 19 heavy (non-hydrogen) atoms. The number of hydrogen-bond donors (Lipinski definition) is 3. The van der Waals surface area contributed by atoms with Crippen LogP contribution in [0, 0.1) is 0 Å². The van der Waals surface area contributed by atoms with Gasteiger partial charge in [-0.25, -0.2) is 0 Å². The van der Waals surface area contributed by atoms with Gasteiger partial charge in [-0.2, -0.15) is 0 Å². The number of nitrogens with one attached hydrogen (secondary N) is 1. The van der Waals surface area contributed by atoms with Crippen molar-refractivity contribution in [2.24, 2.45) is 5.73 Å². The Morgan fingerprint density at radius 3 is 3.00 bits per heavy atom. The predicted octanol–water partition coefficient (Wildman–Crippen LogP) is 0.162. The molecule has 2 atom stereocenters. The molecule has 0 radical (unpaired) electrons. The Hall–Kier alpha value is -1.79. The van der Waals surface area contributed by atoms with Crippen molar-refractivity contribution in [2.75, 3.05) is 30.4 Å². The van der Waals surface area contributed by atoms with Crippen LogP contribution in [0.25, 0.3) is 0 Å². The van der Waals surface area contributed by atoms with E-state index in [0.29, 0.717) is 18.0 Å². The summed E-state index contributed by atoms with van der Waals surface area (Å²) >= 11 is 0. The normalized spacial score (nSPS) is 19.2. The van der Waals surface area contributed by atoms with Crippen LogP contribution in [-0.4, -0.2) is 43.4 Å². The number of aliphatic hydroxyl groups excluding tert-OH is 1. The highest BCUT2D eigenvalue weighted by Gasteiger charge is 2.23. The molecule has 1 aromatic carbocycles. The second-order valence-corrected chi connectivity index (χ2v) is 4.75. The molecule has 2 unspecified atom stereocenters. The van der Waals surface area contributed by atoms with E-state index in [0.717, 1.165) is 5.69 Å².